The molecule has 0 spiro atoms. The Bertz CT molecular complexity index is 785. The highest BCUT2D eigenvalue weighted by Crippen LogP contribution is 2.30. The number of hydrogen-bond acceptors (Lipinski definition) is 2. The minimum absolute atomic E-state index is 1.02. The van der Waals surface area contributed by atoms with Gasteiger partial charge in [0, 0.05) is 30.8 Å². The fourth-order valence-electron chi connectivity index (χ4n) is 3.79. The molecule has 0 aliphatic carbocycles. The zero-order chi connectivity index (χ0) is 15.8. The van der Waals surface area contributed by atoms with Crippen molar-refractivity contribution in [3.8, 4) is 0 Å². The van der Waals surface area contributed by atoms with Crippen molar-refractivity contribution >= 4 is 28.4 Å². The van der Waals surface area contributed by atoms with Gasteiger partial charge in [-0.25, -0.2) is 9.13 Å². The molecule has 1 saturated heterocycles. The van der Waals surface area contributed by atoms with E-state index >= 15 is 0 Å². The van der Waals surface area contributed by atoms with Crippen molar-refractivity contribution in [1.29, 1.82) is 0 Å². The summed E-state index contributed by atoms with van der Waals surface area (Å²) in [5, 5.41) is 1.43. The van der Waals surface area contributed by atoms with Gasteiger partial charge in [-0.1, -0.05) is 12.1 Å². The van der Waals surface area contributed by atoms with E-state index in [-0.39, 0.29) is 0 Å². The second-order valence-electron chi connectivity index (χ2n) is 6.08. The van der Waals surface area contributed by atoms with Crippen molar-refractivity contribution in [2.24, 2.45) is 0 Å². The Labute approximate surface area is 142 Å². The molecule has 1 fully saturated rings. The average Bonchev–Trinajstić information content (AvgIpc) is 3.27. The number of fused-ring (bicyclic) bond motifs is 3. The van der Waals surface area contributed by atoms with Gasteiger partial charge in [-0.2, -0.15) is 0 Å². The highest BCUT2D eigenvalue weighted by atomic mass is 32.2. The summed E-state index contributed by atoms with van der Waals surface area (Å²) in [5.41, 5.74) is 4.19. The van der Waals surface area contributed by atoms with E-state index < -0.39 is 0 Å². The fourth-order valence-corrected chi connectivity index (χ4v) is 4.88. The van der Waals surface area contributed by atoms with Gasteiger partial charge in [0.15, 0.2) is 11.0 Å². The summed E-state index contributed by atoms with van der Waals surface area (Å²) in [7, 11) is 0. The Morgan fingerprint density at radius 1 is 1.17 bits per heavy atom. The third-order valence-electron chi connectivity index (χ3n) is 4.91. The molecule has 0 N–H and O–H groups in total. The summed E-state index contributed by atoms with van der Waals surface area (Å²) in [5.74, 6) is 2.62. The first kappa shape index (κ1) is 14.9. The highest BCUT2D eigenvalue weighted by molar-refractivity contribution is 8.03. The Kier molecular flexibility index (Phi) is 3.93. The summed E-state index contributed by atoms with van der Waals surface area (Å²) in [4.78, 5) is 2.47. The van der Waals surface area contributed by atoms with E-state index in [1.54, 1.807) is 0 Å². The molecule has 3 nitrogen and oxygen atoms in total. The van der Waals surface area contributed by atoms with Crippen LogP contribution in [-0.2, 0) is 13.1 Å². The van der Waals surface area contributed by atoms with Crippen LogP contribution < -0.4 is 4.57 Å². The number of para-hydroxylation sites is 2. The number of thioether (sulfide) groups is 1. The number of benzene rings is 1. The van der Waals surface area contributed by atoms with Gasteiger partial charge < -0.3 is 4.90 Å². The highest BCUT2D eigenvalue weighted by Gasteiger charge is 2.31. The molecule has 2 aliphatic heterocycles. The Morgan fingerprint density at radius 3 is 2.87 bits per heavy atom. The number of rotatable bonds is 3. The lowest BCUT2D eigenvalue weighted by Crippen LogP contribution is -2.31. The second kappa shape index (κ2) is 6.08. The van der Waals surface area contributed by atoms with Crippen LogP contribution in [0.25, 0.3) is 16.6 Å². The van der Waals surface area contributed by atoms with Gasteiger partial charge in [0.2, 0.25) is 0 Å². The van der Waals surface area contributed by atoms with Crippen LogP contribution in [0, 0.1) is 0 Å². The quantitative estimate of drug-likeness (QED) is 0.798. The fraction of sp³-hybridized carbons (Fsp3) is 0.421. The zero-order valence-corrected chi connectivity index (χ0v) is 14.8. The number of nitrogens with zero attached hydrogens (tertiary/aromatic N) is 3. The summed E-state index contributed by atoms with van der Waals surface area (Å²) >= 11 is 1.98. The third kappa shape index (κ3) is 2.40. The number of allylic oxidation sites excluding steroid dienone is 3. The van der Waals surface area contributed by atoms with E-state index in [2.05, 4.69) is 64.3 Å². The summed E-state index contributed by atoms with van der Waals surface area (Å²) in [6.07, 6.45) is 5.84. The third-order valence-corrected chi connectivity index (χ3v) is 5.99. The molecule has 2 aromatic rings. The van der Waals surface area contributed by atoms with E-state index in [9.17, 15) is 0 Å². The number of aryl methyl sites for hydroxylation is 2. The van der Waals surface area contributed by atoms with Crippen molar-refractivity contribution in [3.63, 3.8) is 0 Å². The number of hydrogen-bond donors (Lipinski definition) is 0. The SMILES string of the molecule is CCN1CCSC1=CC=C1CC[n+]2c1n(CC)c1ccccc12. The first-order valence-corrected chi connectivity index (χ1v) is 9.62. The number of aromatic nitrogens is 2. The van der Waals surface area contributed by atoms with E-state index in [4.69, 9.17) is 0 Å². The smallest absolute Gasteiger partial charge is 0.285 e. The predicted octanol–water partition coefficient (Wildman–Crippen LogP) is 3.65. The summed E-state index contributed by atoms with van der Waals surface area (Å²) < 4.78 is 4.95. The van der Waals surface area contributed by atoms with E-state index in [0.717, 1.165) is 26.1 Å². The molecule has 3 heterocycles. The van der Waals surface area contributed by atoms with E-state index in [1.165, 1.54) is 39.8 Å². The molecule has 1 aromatic heterocycles. The van der Waals surface area contributed by atoms with Gasteiger partial charge in [-0.15, -0.1) is 11.8 Å². The molecule has 23 heavy (non-hydrogen) atoms. The zero-order valence-electron chi connectivity index (χ0n) is 14.0. The van der Waals surface area contributed by atoms with Crippen LogP contribution in [0.15, 0.2) is 41.4 Å². The lowest BCUT2D eigenvalue weighted by atomic mass is 10.2. The predicted molar refractivity (Wildman–Crippen MR) is 98.2 cm³/mol. The molecular weight excluding hydrogens is 302 g/mol. The second-order valence-corrected chi connectivity index (χ2v) is 7.20. The van der Waals surface area contributed by atoms with Gasteiger partial charge in [-0.05, 0) is 38.1 Å². The average molecular weight is 326 g/mol. The molecule has 4 heteroatoms. The maximum Gasteiger partial charge on any atom is 0.285 e. The molecule has 2 aliphatic rings. The minimum atomic E-state index is 1.02. The van der Waals surface area contributed by atoms with E-state index in [1.807, 2.05) is 11.8 Å². The lowest BCUT2D eigenvalue weighted by Gasteiger charge is -2.15. The Morgan fingerprint density at radius 2 is 2.04 bits per heavy atom. The molecule has 0 atom stereocenters. The van der Waals surface area contributed by atoms with Crippen molar-refractivity contribution in [3.05, 3.63) is 47.3 Å². The van der Waals surface area contributed by atoms with Crippen molar-refractivity contribution in [2.75, 3.05) is 18.8 Å². The molecule has 0 radical (unpaired) electrons. The van der Waals surface area contributed by atoms with Gasteiger partial charge >= 0.3 is 0 Å². The molecule has 1 aromatic carbocycles. The summed E-state index contributed by atoms with van der Waals surface area (Å²) in [6.45, 7) is 8.90. The lowest BCUT2D eigenvalue weighted by molar-refractivity contribution is -0.664. The van der Waals surface area contributed by atoms with Crippen LogP contribution in [0.5, 0.6) is 0 Å². The largest absolute Gasteiger partial charge is 0.366 e. The molecule has 0 saturated carbocycles. The standard InChI is InChI=1S/C19H24N3S/c1-3-20-13-14-23-18(20)10-9-15-11-12-22-17-8-6-5-7-16(17)21(4-2)19(15)22/h5-10H,3-4,11-14H2,1-2H3/q+1. The van der Waals surface area contributed by atoms with Crippen LogP contribution in [0.1, 0.15) is 26.1 Å². The van der Waals surface area contributed by atoms with Gasteiger partial charge in [-0.3, -0.25) is 0 Å². The topological polar surface area (TPSA) is 12.1 Å². The normalized spacial score (nSPS) is 21.0. The Hall–Kier alpha value is -1.68. The summed E-state index contributed by atoms with van der Waals surface area (Å²) in [6, 6.07) is 8.78. The first-order valence-electron chi connectivity index (χ1n) is 8.63. The van der Waals surface area contributed by atoms with Crippen molar-refractivity contribution in [1.82, 2.24) is 9.47 Å². The van der Waals surface area contributed by atoms with Crippen LogP contribution >= 0.6 is 11.8 Å². The van der Waals surface area contributed by atoms with Crippen LogP contribution in [0.2, 0.25) is 0 Å². The van der Waals surface area contributed by atoms with E-state index in [0.29, 0.717) is 0 Å². The Balaban J connectivity index is 1.78. The molecule has 120 valence electrons. The minimum Gasteiger partial charge on any atom is -0.366 e. The maximum atomic E-state index is 2.49. The van der Waals surface area contributed by atoms with Crippen LogP contribution in [0.3, 0.4) is 0 Å². The monoisotopic (exact) mass is 326 g/mol. The maximum absolute atomic E-state index is 2.49. The molecule has 4 rings (SSSR count). The van der Waals surface area contributed by atoms with Crippen LogP contribution in [-0.4, -0.2) is 28.3 Å². The molecule has 0 unspecified atom stereocenters. The first-order chi connectivity index (χ1) is 11.3. The van der Waals surface area contributed by atoms with Gasteiger partial charge in [0.1, 0.15) is 0 Å². The molecule has 0 bridgehead atoms. The van der Waals surface area contributed by atoms with Crippen molar-refractivity contribution < 1.29 is 4.57 Å². The molecular formula is C19H24N3S+. The van der Waals surface area contributed by atoms with Gasteiger partial charge in [0.25, 0.3) is 5.82 Å². The van der Waals surface area contributed by atoms with Crippen molar-refractivity contribution in [2.45, 2.75) is 33.4 Å². The number of imidazole rings is 1. The van der Waals surface area contributed by atoms with Gasteiger partial charge in [0.05, 0.1) is 18.1 Å². The van der Waals surface area contributed by atoms with Crippen LogP contribution in [0.4, 0.5) is 0 Å². The molecule has 0 amide bonds.